The Balaban J connectivity index is 0.00000212. The van der Waals surface area contributed by atoms with Crippen LogP contribution in [0.15, 0.2) is 60.7 Å². The zero-order valence-corrected chi connectivity index (χ0v) is 20.6. The fourth-order valence-electron chi connectivity index (χ4n) is 2.25. The minimum Gasteiger partial charge on any atom is -0.277 e. The fraction of sp³-hybridized carbons (Fsp3) is 0.304. The number of benzene rings is 2. The van der Waals surface area contributed by atoms with Crippen LogP contribution in [0.1, 0.15) is 45.2 Å². The molecular weight excluding hydrogens is 428 g/mol. The third-order valence-electron chi connectivity index (χ3n) is 3.56. The molecule has 0 spiro atoms. The first-order chi connectivity index (χ1) is 14.9. The minimum absolute atomic E-state index is 0.358. The molecule has 0 heterocycles. The predicted octanol–water partition coefficient (Wildman–Crippen LogP) is 4.11. The summed E-state index contributed by atoms with van der Waals surface area (Å²) in [4.78, 5) is 25.1. The predicted molar refractivity (Wildman–Crippen MR) is 135 cm³/mol. The summed E-state index contributed by atoms with van der Waals surface area (Å²) in [5, 5.41) is 2.83. The third-order valence-corrected chi connectivity index (χ3v) is 4.58. The summed E-state index contributed by atoms with van der Waals surface area (Å²) < 4.78 is 0. The molecule has 2 amide bonds. The van der Waals surface area contributed by atoms with Crippen LogP contribution in [-0.4, -0.2) is 45.9 Å². The molecule has 0 bridgehead atoms. The van der Waals surface area contributed by atoms with Crippen LogP contribution in [-0.2, 0) is 9.59 Å². The molecule has 6 nitrogen and oxygen atoms in total. The monoisotopic (exact) mass is 460 g/mol. The van der Waals surface area contributed by atoms with Crippen molar-refractivity contribution in [3.8, 4) is 0 Å². The van der Waals surface area contributed by atoms with E-state index in [0.717, 1.165) is 11.1 Å². The molecule has 0 atom stereocenters. The average Bonchev–Trinajstić information content (AvgIpc) is 2.81. The Morgan fingerprint density at radius 3 is 1.26 bits per heavy atom. The number of amides is 2. The Kier molecular flexibility index (Phi) is 14.5. The maximum Gasteiger partial charge on any atom is 0.248 e. The van der Waals surface area contributed by atoms with Gasteiger partial charge in [0, 0.05) is 25.2 Å². The SMILES string of the molecule is CC.CC.CN(NC(=O)CC(=O)NN(C)C(=S)c1ccccc1)C(=S)c1ccccc1. The smallest absolute Gasteiger partial charge is 0.248 e. The normalized spacial score (nSPS) is 8.97. The van der Waals surface area contributed by atoms with Crippen LogP contribution in [0.25, 0.3) is 0 Å². The van der Waals surface area contributed by atoms with E-state index in [0.29, 0.717) is 9.98 Å². The molecule has 2 N–H and O–H groups in total. The summed E-state index contributed by atoms with van der Waals surface area (Å²) in [6.07, 6.45) is -0.358. The summed E-state index contributed by atoms with van der Waals surface area (Å²) in [7, 11) is 3.25. The van der Waals surface area contributed by atoms with Gasteiger partial charge in [-0.25, -0.2) is 0 Å². The highest BCUT2D eigenvalue weighted by Gasteiger charge is 2.16. The molecule has 8 heteroatoms. The lowest BCUT2D eigenvalue weighted by molar-refractivity contribution is -0.132. The van der Waals surface area contributed by atoms with Crippen molar-refractivity contribution < 1.29 is 9.59 Å². The molecule has 168 valence electrons. The van der Waals surface area contributed by atoms with Crippen LogP contribution < -0.4 is 10.9 Å². The van der Waals surface area contributed by atoms with Gasteiger partial charge in [0.1, 0.15) is 16.4 Å². The van der Waals surface area contributed by atoms with Crippen molar-refractivity contribution in [2.45, 2.75) is 34.1 Å². The van der Waals surface area contributed by atoms with E-state index >= 15 is 0 Å². The second-order valence-electron chi connectivity index (χ2n) is 5.71. The van der Waals surface area contributed by atoms with Gasteiger partial charge >= 0.3 is 0 Å². The van der Waals surface area contributed by atoms with Gasteiger partial charge in [0.05, 0.1) is 0 Å². The van der Waals surface area contributed by atoms with Gasteiger partial charge < -0.3 is 0 Å². The average molecular weight is 461 g/mol. The molecule has 0 aromatic heterocycles. The summed E-state index contributed by atoms with van der Waals surface area (Å²) in [6.45, 7) is 8.00. The largest absolute Gasteiger partial charge is 0.277 e. The molecule has 2 rings (SSSR count). The maximum atomic E-state index is 12.1. The molecule has 0 unspecified atom stereocenters. The van der Waals surface area contributed by atoms with Crippen LogP contribution in [0.5, 0.6) is 0 Å². The number of nitrogens with zero attached hydrogens (tertiary/aromatic N) is 2. The third kappa shape index (κ3) is 10.1. The second kappa shape index (κ2) is 15.9. The molecule has 0 saturated heterocycles. The zero-order chi connectivity index (χ0) is 23.8. The number of carbonyl (C=O) groups excluding carboxylic acids is 2. The van der Waals surface area contributed by atoms with Gasteiger partial charge in [-0.05, 0) is 0 Å². The van der Waals surface area contributed by atoms with Gasteiger partial charge in [0.25, 0.3) is 0 Å². The lowest BCUT2D eigenvalue weighted by Crippen LogP contribution is -2.47. The lowest BCUT2D eigenvalue weighted by Gasteiger charge is -2.23. The molecule has 2 aromatic carbocycles. The van der Waals surface area contributed by atoms with Crippen molar-refractivity contribution in [2.24, 2.45) is 0 Å². The lowest BCUT2D eigenvalue weighted by atomic mass is 10.2. The first-order valence-electron chi connectivity index (χ1n) is 10.1. The van der Waals surface area contributed by atoms with Crippen molar-refractivity contribution in [3.05, 3.63) is 71.8 Å². The van der Waals surface area contributed by atoms with Gasteiger partial charge in [-0.3, -0.25) is 30.5 Å². The molecular formula is C23H32N4O2S2. The van der Waals surface area contributed by atoms with Gasteiger partial charge in [0.2, 0.25) is 11.8 Å². The van der Waals surface area contributed by atoms with E-state index in [1.807, 2.05) is 88.4 Å². The van der Waals surface area contributed by atoms with Gasteiger partial charge in [-0.1, -0.05) is 113 Å². The Labute approximate surface area is 196 Å². The molecule has 0 aliphatic rings. The Morgan fingerprint density at radius 2 is 0.968 bits per heavy atom. The standard InChI is InChI=1S/C19H20N4O2S2.2C2H6/c1-22(18(26)14-9-5-3-6-10-14)20-16(24)13-17(25)21-23(2)19(27)15-11-7-4-8-12-15;2*1-2/h3-12H,13H2,1-2H3,(H,20,24)(H,21,25);2*1-2H3. The van der Waals surface area contributed by atoms with Crippen LogP contribution >= 0.6 is 24.4 Å². The van der Waals surface area contributed by atoms with E-state index < -0.39 is 11.8 Å². The van der Waals surface area contributed by atoms with E-state index in [-0.39, 0.29) is 6.42 Å². The van der Waals surface area contributed by atoms with E-state index in [2.05, 4.69) is 10.9 Å². The van der Waals surface area contributed by atoms with Crippen molar-refractivity contribution in [3.63, 3.8) is 0 Å². The second-order valence-corrected chi connectivity index (χ2v) is 6.48. The van der Waals surface area contributed by atoms with Crippen LogP contribution in [0.2, 0.25) is 0 Å². The molecule has 31 heavy (non-hydrogen) atoms. The quantitative estimate of drug-likeness (QED) is 0.407. The number of nitrogens with one attached hydrogen (secondary N) is 2. The van der Waals surface area contributed by atoms with Crippen molar-refractivity contribution in [1.29, 1.82) is 0 Å². The topological polar surface area (TPSA) is 64.7 Å². The van der Waals surface area contributed by atoms with Gasteiger partial charge in [-0.15, -0.1) is 0 Å². The highest BCUT2D eigenvalue weighted by atomic mass is 32.1. The number of carbonyl (C=O) groups is 2. The Morgan fingerprint density at radius 1 is 0.677 bits per heavy atom. The fourth-order valence-corrected chi connectivity index (χ4v) is 2.61. The van der Waals surface area contributed by atoms with Gasteiger partial charge in [0.15, 0.2) is 0 Å². The van der Waals surface area contributed by atoms with Crippen molar-refractivity contribution >= 4 is 46.2 Å². The summed E-state index contributed by atoms with van der Waals surface area (Å²) in [5.41, 5.74) is 6.77. The first-order valence-corrected chi connectivity index (χ1v) is 11.0. The molecule has 0 fully saturated rings. The van der Waals surface area contributed by atoms with E-state index in [1.54, 1.807) is 14.1 Å². The van der Waals surface area contributed by atoms with E-state index in [4.69, 9.17) is 24.4 Å². The highest BCUT2D eigenvalue weighted by Crippen LogP contribution is 2.04. The molecule has 2 aromatic rings. The first kappa shape index (κ1) is 28.2. The minimum atomic E-state index is -0.479. The van der Waals surface area contributed by atoms with Crippen LogP contribution in [0, 0.1) is 0 Å². The van der Waals surface area contributed by atoms with Crippen molar-refractivity contribution in [2.75, 3.05) is 14.1 Å². The maximum absolute atomic E-state index is 12.1. The van der Waals surface area contributed by atoms with E-state index in [9.17, 15) is 9.59 Å². The number of hydrogen-bond acceptors (Lipinski definition) is 4. The molecule has 0 saturated carbocycles. The number of rotatable bonds is 4. The molecule has 0 aliphatic carbocycles. The Bertz CT molecular complexity index is 760. The number of hydrogen-bond donors (Lipinski definition) is 2. The summed E-state index contributed by atoms with van der Waals surface area (Å²) >= 11 is 10.6. The zero-order valence-electron chi connectivity index (χ0n) is 19.0. The summed E-state index contributed by atoms with van der Waals surface area (Å²) in [5.74, 6) is -0.959. The number of thiocarbonyl (C=S) groups is 2. The van der Waals surface area contributed by atoms with Gasteiger partial charge in [-0.2, -0.15) is 0 Å². The Hall–Kier alpha value is -2.84. The van der Waals surface area contributed by atoms with Crippen LogP contribution in [0.4, 0.5) is 0 Å². The van der Waals surface area contributed by atoms with E-state index in [1.165, 1.54) is 10.0 Å². The molecule has 0 aliphatic heterocycles. The van der Waals surface area contributed by atoms with Crippen molar-refractivity contribution in [1.82, 2.24) is 20.9 Å². The molecule has 0 radical (unpaired) electrons. The highest BCUT2D eigenvalue weighted by molar-refractivity contribution is 7.80. The summed E-state index contributed by atoms with van der Waals surface area (Å²) in [6, 6.07) is 18.6. The van der Waals surface area contributed by atoms with Crippen LogP contribution in [0.3, 0.4) is 0 Å². The number of hydrazine groups is 2.